The van der Waals surface area contributed by atoms with Crippen molar-refractivity contribution >= 4 is 27.5 Å². The maximum absolute atomic E-state index is 12.7. The minimum absolute atomic E-state index is 0.0118. The van der Waals surface area contributed by atoms with Gasteiger partial charge in [0.1, 0.15) is 0 Å². The third kappa shape index (κ3) is 5.23. The molecule has 0 saturated carbocycles. The molecule has 5 nitrogen and oxygen atoms in total. The van der Waals surface area contributed by atoms with Crippen LogP contribution >= 0.6 is 15.9 Å². The fraction of sp³-hybridized carbons (Fsp3) is 0.381. The van der Waals surface area contributed by atoms with E-state index in [-0.39, 0.29) is 11.8 Å². The summed E-state index contributed by atoms with van der Waals surface area (Å²) in [5.41, 5.74) is 1.99. The van der Waals surface area contributed by atoms with Crippen molar-refractivity contribution < 1.29 is 14.3 Å². The van der Waals surface area contributed by atoms with Gasteiger partial charge in [0.25, 0.3) is 0 Å². The SMILES string of the molecule is COc1ccc(NC(=O)C2CCCN(Cc3ccc(Br)cc3)C2)cc1OC. The summed E-state index contributed by atoms with van der Waals surface area (Å²) < 4.78 is 11.6. The molecule has 0 aromatic heterocycles. The number of nitrogens with one attached hydrogen (secondary N) is 1. The number of amides is 1. The van der Waals surface area contributed by atoms with E-state index >= 15 is 0 Å². The molecular weight excluding hydrogens is 408 g/mol. The largest absolute Gasteiger partial charge is 0.493 e. The van der Waals surface area contributed by atoms with Gasteiger partial charge in [0.2, 0.25) is 5.91 Å². The molecule has 1 heterocycles. The molecule has 1 amide bonds. The lowest BCUT2D eigenvalue weighted by molar-refractivity contribution is -0.121. The molecule has 3 rings (SSSR count). The number of hydrogen-bond acceptors (Lipinski definition) is 4. The number of likely N-dealkylation sites (tertiary alicyclic amines) is 1. The van der Waals surface area contributed by atoms with Crippen LogP contribution in [0.15, 0.2) is 46.9 Å². The third-order valence-corrected chi connectivity index (χ3v) is 5.38. The van der Waals surface area contributed by atoms with Crippen molar-refractivity contribution in [1.82, 2.24) is 4.90 Å². The fourth-order valence-corrected chi connectivity index (χ4v) is 3.68. The molecule has 2 aromatic rings. The van der Waals surface area contributed by atoms with Crippen molar-refractivity contribution in [2.45, 2.75) is 19.4 Å². The summed E-state index contributed by atoms with van der Waals surface area (Å²) in [7, 11) is 3.18. The fourth-order valence-electron chi connectivity index (χ4n) is 3.42. The predicted molar refractivity (Wildman–Crippen MR) is 110 cm³/mol. The van der Waals surface area contributed by atoms with E-state index < -0.39 is 0 Å². The molecule has 0 radical (unpaired) electrons. The molecule has 144 valence electrons. The first-order valence-electron chi connectivity index (χ1n) is 9.08. The van der Waals surface area contributed by atoms with Crippen LogP contribution in [0, 0.1) is 5.92 Å². The van der Waals surface area contributed by atoms with Crippen LogP contribution in [0.4, 0.5) is 5.69 Å². The average molecular weight is 433 g/mol. The maximum atomic E-state index is 12.7. The van der Waals surface area contributed by atoms with Gasteiger partial charge >= 0.3 is 0 Å². The molecule has 0 spiro atoms. The van der Waals surface area contributed by atoms with Crippen molar-refractivity contribution in [1.29, 1.82) is 0 Å². The first kappa shape index (κ1) is 19.7. The van der Waals surface area contributed by atoms with Crippen LogP contribution < -0.4 is 14.8 Å². The number of carbonyl (C=O) groups excluding carboxylic acids is 1. The predicted octanol–water partition coefficient (Wildman–Crippen LogP) is 4.32. The van der Waals surface area contributed by atoms with Gasteiger partial charge in [0, 0.05) is 29.3 Å². The summed E-state index contributed by atoms with van der Waals surface area (Å²) in [6, 6.07) is 13.8. The van der Waals surface area contributed by atoms with Crippen LogP contribution in [0.2, 0.25) is 0 Å². The average Bonchev–Trinajstić information content (AvgIpc) is 2.70. The Balaban J connectivity index is 1.60. The van der Waals surface area contributed by atoms with E-state index in [2.05, 4.69) is 50.4 Å². The zero-order valence-electron chi connectivity index (χ0n) is 15.7. The molecule has 0 bridgehead atoms. The summed E-state index contributed by atoms with van der Waals surface area (Å²) in [6.07, 6.45) is 1.94. The Labute approximate surface area is 168 Å². The zero-order chi connectivity index (χ0) is 19.2. The molecule has 1 aliphatic rings. The quantitative estimate of drug-likeness (QED) is 0.738. The molecule has 1 aliphatic heterocycles. The van der Waals surface area contributed by atoms with Crippen molar-refractivity contribution in [3.8, 4) is 11.5 Å². The van der Waals surface area contributed by atoms with E-state index in [0.29, 0.717) is 11.5 Å². The van der Waals surface area contributed by atoms with E-state index in [4.69, 9.17) is 9.47 Å². The molecule has 1 unspecified atom stereocenters. The van der Waals surface area contributed by atoms with Gasteiger partial charge in [-0.3, -0.25) is 9.69 Å². The van der Waals surface area contributed by atoms with E-state index in [0.717, 1.165) is 42.6 Å². The molecule has 27 heavy (non-hydrogen) atoms. The molecule has 1 saturated heterocycles. The number of benzene rings is 2. The molecule has 1 fully saturated rings. The molecule has 0 aliphatic carbocycles. The normalized spacial score (nSPS) is 17.4. The van der Waals surface area contributed by atoms with Crippen LogP contribution in [0.25, 0.3) is 0 Å². The second kappa shape index (κ2) is 9.24. The minimum atomic E-state index is -0.0118. The van der Waals surface area contributed by atoms with Crippen LogP contribution in [0.5, 0.6) is 11.5 Å². The highest BCUT2D eigenvalue weighted by Gasteiger charge is 2.26. The van der Waals surface area contributed by atoms with Gasteiger partial charge in [0.05, 0.1) is 20.1 Å². The summed E-state index contributed by atoms with van der Waals surface area (Å²) >= 11 is 3.47. The second-order valence-electron chi connectivity index (χ2n) is 6.76. The highest BCUT2D eigenvalue weighted by atomic mass is 79.9. The Morgan fingerprint density at radius 1 is 1.15 bits per heavy atom. The lowest BCUT2D eigenvalue weighted by atomic mass is 9.96. The van der Waals surface area contributed by atoms with E-state index in [1.807, 2.05) is 6.07 Å². The smallest absolute Gasteiger partial charge is 0.228 e. The van der Waals surface area contributed by atoms with Gasteiger partial charge in [-0.1, -0.05) is 28.1 Å². The summed E-state index contributed by atoms with van der Waals surface area (Å²) in [4.78, 5) is 15.1. The summed E-state index contributed by atoms with van der Waals surface area (Å²) in [5.74, 6) is 1.30. The van der Waals surface area contributed by atoms with Crippen molar-refractivity contribution in [3.05, 3.63) is 52.5 Å². The number of ether oxygens (including phenoxy) is 2. The van der Waals surface area contributed by atoms with Crippen molar-refractivity contribution in [2.75, 3.05) is 32.6 Å². The Bertz CT molecular complexity index is 779. The van der Waals surface area contributed by atoms with Crippen LogP contribution in [-0.4, -0.2) is 38.1 Å². The lowest BCUT2D eigenvalue weighted by Crippen LogP contribution is -2.40. The van der Waals surface area contributed by atoms with Crippen LogP contribution in [-0.2, 0) is 11.3 Å². The first-order valence-corrected chi connectivity index (χ1v) is 9.88. The van der Waals surface area contributed by atoms with E-state index in [1.165, 1.54) is 5.56 Å². The van der Waals surface area contributed by atoms with Crippen molar-refractivity contribution in [2.24, 2.45) is 5.92 Å². The van der Waals surface area contributed by atoms with Gasteiger partial charge in [0.15, 0.2) is 11.5 Å². The number of hydrogen-bond donors (Lipinski definition) is 1. The zero-order valence-corrected chi connectivity index (χ0v) is 17.3. The van der Waals surface area contributed by atoms with Gasteiger partial charge in [-0.05, 0) is 49.2 Å². The maximum Gasteiger partial charge on any atom is 0.228 e. The van der Waals surface area contributed by atoms with Crippen LogP contribution in [0.1, 0.15) is 18.4 Å². The van der Waals surface area contributed by atoms with Crippen molar-refractivity contribution in [3.63, 3.8) is 0 Å². The minimum Gasteiger partial charge on any atom is -0.493 e. The monoisotopic (exact) mass is 432 g/mol. The van der Waals surface area contributed by atoms with Gasteiger partial charge in [-0.25, -0.2) is 0 Å². The highest BCUT2D eigenvalue weighted by Crippen LogP contribution is 2.30. The summed E-state index contributed by atoms with van der Waals surface area (Å²) in [6.45, 7) is 2.67. The van der Waals surface area contributed by atoms with Crippen LogP contribution in [0.3, 0.4) is 0 Å². The number of methoxy groups -OCH3 is 2. The number of halogens is 1. The topological polar surface area (TPSA) is 50.8 Å². The highest BCUT2D eigenvalue weighted by molar-refractivity contribution is 9.10. The molecule has 6 heteroatoms. The first-order chi connectivity index (χ1) is 13.1. The Kier molecular flexibility index (Phi) is 6.74. The number of carbonyl (C=O) groups is 1. The lowest BCUT2D eigenvalue weighted by Gasteiger charge is -2.32. The number of anilines is 1. The number of rotatable bonds is 6. The Morgan fingerprint density at radius 3 is 2.59 bits per heavy atom. The van der Waals surface area contributed by atoms with E-state index in [1.54, 1.807) is 26.4 Å². The van der Waals surface area contributed by atoms with Gasteiger partial charge in [-0.2, -0.15) is 0 Å². The van der Waals surface area contributed by atoms with Gasteiger partial charge < -0.3 is 14.8 Å². The number of nitrogens with zero attached hydrogens (tertiary/aromatic N) is 1. The Morgan fingerprint density at radius 2 is 1.89 bits per heavy atom. The Hall–Kier alpha value is -2.05. The molecule has 2 aromatic carbocycles. The molecular formula is C21H25BrN2O3. The summed E-state index contributed by atoms with van der Waals surface area (Å²) in [5, 5.41) is 3.02. The molecule has 1 N–H and O–H groups in total. The van der Waals surface area contributed by atoms with Gasteiger partial charge in [-0.15, -0.1) is 0 Å². The van der Waals surface area contributed by atoms with E-state index in [9.17, 15) is 4.79 Å². The number of piperidine rings is 1. The molecule has 1 atom stereocenters. The third-order valence-electron chi connectivity index (χ3n) is 4.85. The standard InChI is InChI=1S/C21H25BrN2O3/c1-26-19-10-9-18(12-20(19)27-2)23-21(25)16-4-3-11-24(14-16)13-15-5-7-17(22)8-6-15/h5-10,12,16H,3-4,11,13-14H2,1-2H3,(H,23,25). The second-order valence-corrected chi connectivity index (χ2v) is 7.68.